The van der Waals surface area contributed by atoms with Crippen molar-refractivity contribution in [3.8, 4) is 0 Å². The Labute approximate surface area is 117 Å². The van der Waals surface area contributed by atoms with Crippen molar-refractivity contribution in [3.63, 3.8) is 0 Å². The van der Waals surface area contributed by atoms with Gasteiger partial charge in [-0.3, -0.25) is 0 Å². The Kier molecular flexibility index (Phi) is 3.66. The monoisotopic (exact) mass is 286 g/mol. The molecule has 112 valence electrons. The molecule has 1 aliphatic rings. The zero-order valence-corrected chi connectivity index (χ0v) is 12.1. The van der Waals surface area contributed by atoms with E-state index in [-0.39, 0.29) is 16.9 Å². The minimum atomic E-state index is -4.43. The molecule has 2 rings (SSSR count). The molecule has 1 N–H and O–H groups in total. The molecule has 1 aromatic carbocycles. The number of rotatable bonds is 1. The minimum absolute atomic E-state index is 0.0205. The van der Waals surface area contributed by atoms with E-state index < -0.39 is 17.3 Å². The summed E-state index contributed by atoms with van der Waals surface area (Å²) in [4.78, 5) is 0. The largest absolute Gasteiger partial charge is 0.416 e. The average molecular weight is 286 g/mol. The molecule has 1 aliphatic carbocycles. The first kappa shape index (κ1) is 15.4. The number of hydrogen-bond donors (Lipinski definition) is 1. The highest BCUT2D eigenvalue weighted by atomic mass is 19.4. The molecular weight excluding hydrogens is 265 g/mol. The number of benzene rings is 1. The molecule has 1 saturated carbocycles. The van der Waals surface area contributed by atoms with Crippen LogP contribution in [-0.4, -0.2) is 5.11 Å². The number of hydrogen-bond acceptors (Lipinski definition) is 1. The van der Waals surface area contributed by atoms with Gasteiger partial charge in [0, 0.05) is 0 Å². The van der Waals surface area contributed by atoms with Crippen molar-refractivity contribution < 1.29 is 18.3 Å². The van der Waals surface area contributed by atoms with E-state index in [9.17, 15) is 18.3 Å². The standard InChI is InChI=1S/C16H21F3O/c1-11-8-14(2,3)10-15(20,9-11)12-6-4-5-7-13(12)16(17,18)19/h4-7,11,20H,8-10H2,1-3H3. The van der Waals surface area contributed by atoms with Crippen LogP contribution in [0.15, 0.2) is 24.3 Å². The summed E-state index contributed by atoms with van der Waals surface area (Å²) in [6, 6.07) is 5.40. The van der Waals surface area contributed by atoms with Crippen LogP contribution in [0.3, 0.4) is 0 Å². The quantitative estimate of drug-likeness (QED) is 0.790. The lowest BCUT2D eigenvalue weighted by atomic mass is 9.63. The third-order valence-corrected chi connectivity index (χ3v) is 4.09. The fourth-order valence-corrected chi connectivity index (χ4v) is 3.87. The van der Waals surface area contributed by atoms with Crippen LogP contribution in [0.2, 0.25) is 0 Å². The van der Waals surface area contributed by atoms with Crippen molar-refractivity contribution in [1.82, 2.24) is 0 Å². The molecule has 0 saturated heterocycles. The molecule has 20 heavy (non-hydrogen) atoms. The van der Waals surface area contributed by atoms with Crippen molar-refractivity contribution >= 4 is 0 Å². The van der Waals surface area contributed by atoms with Crippen LogP contribution in [0.5, 0.6) is 0 Å². The van der Waals surface area contributed by atoms with Gasteiger partial charge in [-0.1, -0.05) is 39.0 Å². The van der Waals surface area contributed by atoms with Crippen LogP contribution >= 0.6 is 0 Å². The predicted molar refractivity (Wildman–Crippen MR) is 72.1 cm³/mol. The highest BCUT2D eigenvalue weighted by Crippen LogP contribution is 2.50. The molecule has 1 fully saturated rings. The molecular formula is C16H21F3O. The Morgan fingerprint density at radius 3 is 2.30 bits per heavy atom. The molecule has 0 bridgehead atoms. The molecule has 2 unspecified atom stereocenters. The van der Waals surface area contributed by atoms with Crippen molar-refractivity contribution in [3.05, 3.63) is 35.4 Å². The molecule has 0 aliphatic heterocycles. The SMILES string of the molecule is CC1CC(C)(C)CC(O)(c2ccccc2C(F)(F)F)C1. The van der Waals surface area contributed by atoms with E-state index >= 15 is 0 Å². The van der Waals surface area contributed by atoms with E-state index in [4.69, 9.17) is 0 Å². The molecule has 2 atom stereocenters. The van der Waals surface area contributed by atoms with Gasteiger partial charge in [0.15, 0.2) is 0 Å². The van der Waals surface area contributed by atoms with Crippen molar-refractivity contribution in [2.24, 2.45) is 11.3 Å². The van der Waals surface area contributed by atoms with Crippen molar-refractivity contribution in [1.29, 1.82) is 0 Å². The lowest BCUT2D eigenvalue weighted by Gasteiger charge is -2.45. The number of halogens is 3. The molecule has 4 heteroatoms. The van der Waals surface area contributed by atoms with Gasteiger partial charge in [0.1, 0.15) is 0 Å². The van der Waals surface area contributed by atoms with Crippen LogP contribution in [0.25, 0.3) is 0 Å². The molecule has 0 radical (unpaired) electrons. The molecule has 0 amide bonds. The van der Waals surface area contributed by atoms with Gasteiger partial charge in [-0.15, -0.1) is 0 Å². The Morgan fingerprint density at radius 1 is 1.15 bits per heavy atom. The first-order valence-electron chi connectivity index (χ1n) is 6.93. The second kappa shape index (κ2) is 4.76. The van der Waals surface area contributed by atoms with Crippen LogP contribution in [0.1, 0.15) is 51.2 Å². The fraction of sp³-hybridized carbons (Fsp3) is 0.625. The first-order valence-corrected chi connectivity index (χ1v) is 6.93. The van der Waals surface area contributed by atoms with E-state index in [1.807, 2.05) is 20.8 Å². The number of alkyl halides is 3. The maximum absolute atomic E-state index is 13.2. The van der Waals surface area contributed by atoms with Gasteiger partial charge in [-0.2, -0.15) is 13.2 Å². The van der Waals surface area contributed by atoms with Gasteiger partial charge >= 0.3 is 6.18 Å². The summed E-state index contributed by atoms with van der Waals surface area (Å²) in [7, 11) is 0. The third-order valence-electron chi connectivity index (χ3n) is 4.09. The molecule has 0 heterocycles. The van der Waals surface area contributed by atoms with E-state index in [2.05, 4.69) is 0 Å². The normalized spacial score (nSPS) is 30.2. The van der Waals surface area contributed by atoms with Crippen molar-refractivity contribution in [2.75, 3.05) is 0 Å². The third kappa shape index (κ3) is 3.00. The summed E-state index contributed by atoms with van der Waals surface area (Å²) in [5.41, 5.74) is -2.25. The van der Waals surface area contributed by atoms with Gasteiger partial charge in [-0.05, 0) is 42.2 Å². The molecule has 0 aromatic heterocycles. The van der Waals surface area contributed by atoms with Crippen molar-refractivity contribution in [2.45, 2.75) is 51.8 Å². The zero-order valence-electron chi connectivity index (χ0n) is 12.1. The lowest BCUT2D eigenvalue weighted by molar-refractivity contribution is -0.143. The second-order valence-corrected chi connectivity index (χ2v) is 6.93. The summed E-state index contributed by atoms with van der Waals surface area (Å²) >= 11 is 0. The smallest absolute Gasteiger partial charge is 0.385 e. The Morgan fingerprint density at radius 2 is 1.75 bits per heavy atom. The van der Waals surface area contributed by atoms with Crippen LogP contribution in [0.4, 0.5) is 13.2 Å². The van der Waals surface area contributed by atoms with Crippen LogP contribution < -0.4 is 0 Å². The number of aliphatic hydroxyl groups is 1. The second-order valence-electron chi connectivity index (χ2n) is 6.93. The van der Waals surface area contributed by atoms with E-state index in [0.717, 1.165) is 12.5 Å². The van der Waals surface area contributed by atoms with Gasteiger partial charge in [0.2, 0.25) is 0 Å². The fourth-order valence-electron chi connectivity index (χ4n) is 3.87. The summed E-state index contributed by atoms with van der Waals surface area (Å²) in [5, 5.41) is 10.9. The summed E-state index contributed by atoms with van der Waals surface area (Å²) < 4.78 is 39.5. The topological polar surface area (TPSA) is 20.2 Å². The van der Waals surface area contributed by atoms with Gasteiger partial charge in [-0.25, -0.2) is 0 Å². The van der Waals surface area contributed by atoms with Crippen LogP contribution in [-0.2, 0) is 11.8 Å². The average Bonchev–Trinajstić information content (AvgIpc) is 2.24. The molecule has 1 nitrogen and oxygen atoms in total. The molecule has 1 aromatic rings. The van der Waals surface area contributed by atoms with Gasteiger partial charge in [0.25, 0.3) is 0 Å². The summed E-state index contributed by atoms with van der Waals surface area (Å²) in [6.45, 7) is 6.00. The van der Waals surface area contributed by atoms with E-state index in [1.54, 1.807) is 6.07 Å². The Bertz CT molecular complexity index is 493. The minimum Gasteiger partial charge on any atom is -0.385 e. The summed E-state index contributed by atoms with van der Waals surface area (Å²) in [6.07, 6.45) is -2.78. The first-order chi connectivity index (χ1) is 9.04. The van der Waals surface area contributed by atoms with Gasteiger partial charge < -0.3 is 5.11 Å². The molecule has 0 spiro atoms. The lowest BCUT2D eigenvalue weighted by Crippen LogP contribution is -2.41. The van der Waals surface area contributed by atoms with E-state index in [0.29, 0.717) is 12.8 Å². The highest BCUT2D eigenvalue weighted by Gasteiger charge is 2.46. The Hall–Kier alpha value is -1.03. The highest BCUT2D eigenvalue weighted by molar-refractivity contribution is 5.35. The Balaban J connectivity index is 2.50. The zero-order chi connectivity index (χ0) is 15.2. The van der Waals surface area contributed by atoms with Gasteiger partial charge in [0.05, 0.1) is 11.2 Å². The maximum atomic E-state index is 13.2. The maximum Gasteiger partial charge on any atom is 0.416 e. The van der Waals surface area contributed by atoms with E-state index in [1.165, 1.54) is 12.1 Å². The van der Waals surface area contributed by atoms with Crippen LogP contribution in [0, 0.1) is 11.3 Å². The predicted octanol–water partition coefficient (Wildman–Crippen LogP) is 4.74. The summed E-state index contributed by atoms with van der Waals surface area (Å²) in [5.74, 6) is 0.199.